The largest absolute Gasteiger partial charge is 0.385 e. The molecule has 0 aliphatic rings. The molecule has 1 aromatic heterocycles. The van der Waals surface area contributed by atoms with Gasteiger partial charge in [-0.05, 0) is 37.3 Å². The van der Waals surface area contributed by atoms with E-state index in [9.17, 15) is 4.79 Å². The summed E-state index contributed by atoms with van der Waals surface area (Å²) in [5, 5.41) is 5.96. The van der Waals surface area contributed by atoms with Crippen LogP contribution < -0.4 is 10.6 Å². The molecule has 2 N–H and O–H groups in total. The van der Waals surface area contributed by atoms with Crippen molar-refractivity contribution < 1.29 is 9.53 Å². The Balaban J connectivity index is 2.55. The molecule has 0 saturated carbocycles. The molecule has 0 bridgehead atoms. The smallest absolute Gasteiger partial charge is 0.251 e. The summed E-state index contributed by atoms with van der Waals surface area (Å²) >= 11 is 0. The number of methoxy groups -OCH3 is 1. The van der Waals surface area contributed by atoms with E-state index in [2.05, 4.69) is 29.5 Å². The highest BCUT2D eigenvalue weighted by Crippen LogP contribution is 2.17. The molecule has 1 rings (SSSR count). The third kappa shape index (κ3) is 6.12. The van der Waals surface area contributed by atoms with Gasteiger partial charge in [0.25, 0.3) is 5.91 Å². The summed E-state index contributed by atoms with van der Waals surface area (Å²) in [6, 6.07) is 3.65. The van der Waals surface area contributed by atoms with Gasteiger partial charge in [0.2, 0.25) is 0 Å². The second kappa shape index (κ2) is 9.34. The molecule has 0 aliphatic heterocycles. The van der Waals surface area contributed by atoms with Crippen molar-refractivity contribution in [1.82, 2.24) is 10.3 Å². The Morgan fingerprint density at radius 3 is 2.67 bits per heavy atom. The number of aromatic nitrogens is 1. The van der Waals surface area contributed by atoms with E-state index in [1.807, 2.05) is 13.1 Å². The summed E-state index contributed by atoms with van der Waals surface area (Å²) in [6.45, 7) is 5.61. The van der Waals surface area contributed by atoms with E-state index in [1.54, 1.807) is 13.2 Å². The molecule has 118 valence electrons. The van der Waals surface area contributed by atoms with E-state index >= 15 is 0 Å². The van der Waals surface area contributed by atoms with Crippen molar-refractivity contribution in [3.8, 4) is 0 Å². The van der Waals surface area contributed by atoms with Crippen molar-refractivity contribution in [2.24, 2.45) is 0 Å². The number of hydrogen-bond acceptors (Lipinski definition) is 4. The molecule has 0 unspecified atom stereocenters. The lowest BCUT2D eigenvalue weighted by Crippen LogP contribution is -2.25. The quantitative estimate of drug-likeness (QED) is 0.687. The molecule has 0 spiro atoms. The van der Waals surface area contributed by atoms with Gasteiger partial charge in [0.05, 0.1) is 0 Å². The SMILES string of the molecule is CNc1cc(C(=O)NCCCCCOC)cc(C(C)C)n1. The van der Waals surface area contributed by atoms with Gasteiger partial charge in [-0.2, -0.15) is 0 Å². The van der Waals surface area contributed by atoms with Crippen LogP contribution in [0, 0.1) is 0 Å². The standard InChI is InChI=1S/C16H27N3O2/c1-12(2)14-10-13(11-15(17-3)19-14)16(20)18-8-6-5-7-9-21-4/h10-12H,5-9H2,1-4H3,(H,17,19)(H,18,20). The maximum atomic E-state index is 12.2. The van der Waals surface area contributed by atoms with Gasteiger partial charge in [0.15, 0.2) is 0 Å². The highest BCUT2D eigenvalue weighted by molar-refractivity contribution is 5.95. The first kappa shape index (κ1) is 17.4. The lowest BCUT2D eigenvalue weighted by molar-refractivity contribution is 0.0952. The van der Waals surface area contributed by atoms with Gasteiger partial charge in [-0.15, -0.1) is 0 Å². The van der Waals surface area contributed by atoms with Crippen LogP contribution in [-0.2, 0) is 4.74 Å². The van der Waals surface area contributed by atoms with E-state index < -0.39 is 0 Å². The van der Waals surface area contributed by atoms with Crippen LogP contribution in [0.2, 0.25) is 0 Å². The zero-order chi connectivity index (χ0) is 15.7. The number of ether oxygens (including phenoxy) is 1. The second-order valence-electron chi connectivity index (χ2n) is 5.38. The number of carbonyl (C=O) groups excluding carboxylic acids is 1. The van der Waals surface area contributed by atoms with Crippen LogP contribution in [-0.4, -0.2) is 38.2 Å². The Labute approximate surface area is 127 Å². The van der Waals surface area contributed by atoms with Crippen LogP contribution in [0.25, 0.3) is 0 Å². The molecule has 0 saturated heterocycles. The van der Waals surface area contributed by atoms with Crippen LogP contribution >= 0.6 is 0 Å². The van der Waals surface area contributed by atoms with Gasteiger partial charge < -0.3 is 15.4 Å². The Bertz CT molecular complexity index is 447. The zero-order valence-corrected chi connectivity index (χ0v) is 13.5. The van der Waals surface area contributed by atoms with Gasteiger partial charge in [-0.1, -0.05) is 13.8 Å². The minimum absolute atomic E-state index is 0.0393. The number of carbonyl (C=O) groups is 1. The predicted molar refractivity (Wildman–Crippen MR) is 85.9 cm³/mol. The number of nitrogens with one attached hydrogen (secondary N) is 2. The Morgan fingerprint density at radius 2 is 2.05 bits per heavy atom. The first-order valence-corrected chi connectivity index (χ1v) is 7.55. The first-order valence-electron chi connectivity index (χ1n) is 7.55. The van der Waals surface area contributed by atoms with Crippen LogP contribution in [0.15, 0.2) is 12.1 Å². The van der Waals surface area contributed by atoms with E-state index in [-0.39, 0.29) is 5.91 Å². The average molecular weight is 293 g/mol. The number of rotatable bonds is 9. The van der Waals surface area contributed by atoms with Crippen LogP contribution in [0.3, 0.4) is 0 Å². The Hall–Kier alpha value is -1.62. The van der Waals surface area contributed by atoms with E-state index in [0.29, 0.717) is 18.0 Å². The first-order chi connectivity index (χ1) is 10.1. The number of pyridine rings is 1. The van der Waals surface area contributed by atoms with Gasteiger partial charge in [-0.3, -0.25) is 4.79 Å². The molecule has 0 radical (unpaired) electrons. The van der Waals surface area contributed by atoms with E-state index in [0.717, 1.165) is 37.4 Å². The molecule has 0 fully saturated rings. The summed E-state index contributed by atoms with van der Waals surface area (Å²) in [5.41, 5.74) is 1.59. The van der Waals surface area contributed by atoms with Crippen molar-refractivity contribution in [1.29, 1.82) is 0 Å². The number of amides is 1. The molecule has 0 aromatic carbocycles. The number of hydrogen-bond donors (Lipinski definition) is 2. The second-order valence-corrected chi connectivity index (χ2v) is 5.38. The fourth-order valence-electron chi connectivity index (χ4n) is 1.96. The maximum Gasteiger partial charge on any atom is 0.251 e. The topological polar surface area (TPSA) is 63.2 Å². The molecule has 0 aliphatic carbocycles. The third-order valence-electron chi connectivity index (χ3n) is 3.27. The van der Waals surface area contributed by atoms with Gasteiger partial charge in [0.1, 0.15) is 5.82 Å². The van der Waals surface area contributed by atoms with Crippen molar-refractivity contribution in [3.05, 3.63) is 23.4 Å². The number of nitrogens with zero attached hydrogens (tertiary/aromatic N) is 1. The van der Waals surface area contributed by atoms with E-state index in [4.69, 9.17) is 4.74 Å². The summed E-state index contributed by atoms with van der Waals surface area (Å²) in [7, 11) is 3.51. The van der Waals surface area contributed by atoms with Crippen LogP contribution in [0.5, 0.6) is 0 Å². The zero-order valence-electron chi connectivity index (χ0n) is 13.5. The number of anilines is 1. The molecule has 1 aromatic rings. The normalized spacial score (nSPS) is 10.7. The van der Waals surface area contributed by atoms with Gasteiger partial charge in [0, 0.05) is 38.6 Å². The van der Waals surface area contributed by atoms with Crippen molar-refractivity contribution >= 4 is 11.7 Å². The van der Waals surface area contributed by atoms with Crippen molar-refractivity contribution in [2.45, 2.75) is 39.0 Å². The third-order valence-corrected chi connectivity index (χ3v) is 3.27. The average Bonchev–Trinajstić information content (AvgIpc) is 2.49. The minimum Gasteiger partial charge on any atom is -0.385 e. The summed E-state index contributed by atoms with van der Waals surface area (Å²) in [4.78, 5) is 16.6. The highest BCUT2D eigenvalue weighted by atomic mass is 16.5. The Kier molecular flexibility index (Phi) is 7.75. The summed E-state index contributed by atoms with van der Waals surface area (Å²) < 4.78 is 5.00. The molecule has 5 nitrogen and oxygen atoms in total. The lowest BCUT2D eigenvalue weighted by Gasteiger charge is -2.11. The van der Waals surface area contributed by atoms with Gasteiger partial charge >= 0.3 is 0 Å². The fourth-order valence-corrected chi connectivity index (χ4v) is 1.96. The number of unbranched alkanes of at least 4 members (excludes halogenated alkanes) is 2. The van der Waals surface area contributed by atoms with Crippen molar-refractivity contribution in [2.75, 3.05) is 32.6 Å². The van der Waals surface area contributed by atoms with Crippen molar-refractivity contribution in [3.63, 3.8) is 0 Å². The molecule has 21 heavy (non-hydrogen) atoms. The molecule has 5 heteroatoms. The molecule has 0 atom stereocenters. The molecular weight excluding hydrogens is 266 g/mol. The predicted octanol–water partition coefficient (Wildman–Crippen LogP) is 2.79. The molecule has 1 amide bonds. The summed E-state index contributed by atoms with van der Waals surface area (Å²) in [5.74, 6) is 0.980. The summed E-state index contributed by atoms with van der Waals surface area (Å²) in [6.07, 6.45) is 3.06. The van der Waals surface area contributed by atoms with Crippen LogP contribution in [0.4, 0.5) is 5.82 Å². The molecule has 1 heterocycles. The minimum atomic E-state index is -0.0393. The molecular formula is C16H27N3O2. The monoisotopic (exact) mass is 293 g/mol. The Morgan fingerprint density at radius 1 is 1.29 bits per heavy atom. The van der Waals surface area contributed by atoms with Gasteiger partial charge in [-0.25, -0.2) is 4.98 Å². The fraction of sp³-hybridized carbons (Fsp3) is 0.625. The maximum absolute atomic E-state index is 12.2. The lowest BCUT2D eigenvalue weighted by atomic mass is 10.1. The van der Waals surface area contributed by atoms with E-state index in [1.165, 1.54) is 0 Å². The highest BCUT2D eigenvalue weighted by Gasteiger charge is 2.11. The van der Waals surface area contributed by atoms with Crippen LogP contribution in [0.1, 0.15) is 55.1 Å².